The maximum atomic E-state index is 9.36. The van der Waals surface area contributed by atoms with Crippen molar-refractivity contribution in [1.29, 1.82) is 0 Å². The Morgan fingerprint density at radius 1 is 1.41 bits per heavy atom. The summed E-state index contributed by atoms with van der Waals surface area (Å²) in [6.45, 7) is 4.16. The molecule has 0 aliphatic heterocycles. The Bertz CT molecular complexity index is 506. The number of aromatic nitrogens is 2. The molecule has 1 aromatic heterocycles. The molecule has 17 heavy (non-hydrogen) atoms. The van der Waals surface area contributed by atoms with Crippen LogP contribution >= 0.6 is 15.9 Å². The van der Waals surface area contributed by atoms with Crippen molar-refractivity contribution in [3.63, 3.8) is 0 Å². The van der Waals surface area contributed by atoms with E-state index in [1.54, 1.807) is 10.9 Å². The van der Waals surface area contributed by atoms with E-state index >= 15 is 0 Å². The highest BCUT2D eigenvalue weighted by Gasteiger charge is 2.20. The summed E-state index contributed by atoms with van der Waals surface area (Å²) in [4.78, 5) is 0. The minimum atomic E-state index is -0.231. The number of aliphatic hydroxyl groups is 1. The van der Waals surface area contributed by atoms with Crippen LogP contribution in [0.2, 0.25) is 0 Å². The van der Waals surface area contributed by atoms with Crippen molar-refractivity contribution >= 4 is 15.9 Å². The monoisotopic (exact) mass is 294 g/mol. The zero-order chi connectivity index (χ0) is 12.5. The summed E-state index contributed by atoms with van der Waals surface area (Å²) in [5.41, 5.74) is 1.86. The summed E-state index contributed by atoms with van der Waals surface area (Å²) < 4.78 is 2.78. The van der Waals surface area contributed by atoms with Crippen LogP contribution in [0, 0.1) is 0 Å². The van der Waals surface area contributed by atoms with Gasteiger partial charge >= 0.3 is 0 Å². The van der Waals surface area contributed by atoms with Gasteiger partial charge in [0.2, 0.25) is 0 Å². The molecule has 0 fully saturated rings. The fraction of sp³-hybridized carbons (Fsp3) is 0.308. The van der Waals surface area contributed by atoms with Gasteiger partial charge in [-0.05, 0) is 39.7 Å². The maximum Gasteiger partial charge on any atom is 0.0787 e. The molecule has 0 aliphatic carbocycles. The molecule has 0 atom stereocenters. The third kappa shape index (κ3) is 2.42. The van der Waals surface area contributed by atoms with Gasteiger partial charge in [0.25, 0.3) is 0 Å². The lowest BCUT2D eigenvalue weighted by atomic mass is 9.85. The second kappa shape index (κ2) is 4.63. The van der Waals surface area contributed by atoms with E-state index in [4.69, 9.17) is 0 Å². The van der Waals surface area contributed by atoms with E-state index in [0.29, 0.717) is 0 Å². The Kier molecular flexibility index (Phi) is 3.35. The van der Waals surface area contributed by atoms with Crippen LogP contribution in [0.15, 0.2) is 41.1 Å². The van der Waals surface area contributed by atoms with E-state index in [1.807, 2.05) is 44.3 Å². The largest absolute Gasteiger partial charge is 0.395 e. The molecule has 1 N–H and O–H groups in total. The molecule has 1 heterocycles. The number of aliphatic hydroxyl groups excluding tert-OH is 1. The fourth-order valence-electron chi connectivity index (χ4n) is 1.62. The summed E-state index contributed by atoms with van der Waals surface area (Å²) in [5, 5.41) is 13.6. The lowest BCUT2D eigenvalue weighted by Gasteiger charge is -2.23. The number of benzene rings is 1. The molecule has 0 spiro atoms. The van der Waals surface area contributed by atoms with Gasteiger partial charge in [0.1, 0.15) is 0 Å². The molecule has 0 saturated heterocycles. The van der Waals surface area contributed by atoms with Crippen molar-refractivity contribution in [3.8, 4) is 5.69 Å². The summed E-state index contributed by atoms with van der Waals surface area (Å²) in [6.07, 6.45) is 3.65. The molecule has 3 nitrogen and oxygen atoms in total. The van der Waals surface area contributed by atoms with Crippen LogP contribution in [-0.2, 0) is 5.41 Å². The van der Waals surface area contributed by atoms with Crippen LogP contribution in [0.1, 0.15) is 19.4 Å². The first-order valence-corrected chi connectivity index (χ1v) is 6.25. The second-order valence-electron chi connectivity index (χ2n) is 4.66. The molecule has 0 radical (unpaired) electrons. The molecule has 1 aromatic carbocycles. The molecule has 4 heteroatoms. The second-order valence-corrected chi connectivity index (χ2v) is 5.51. The molecule has 0 unspecified atom stereocenters. The standard InChI is InChI=1S/C13H15BrN2O/c1-13(2,9-17)10-4-5-12(11(14)8-10)16-7-3-6-15-16/h3-8,17H,9H2,1-2H3. The molecule has 90 valence electrons. The first-order chi connectivity index (χ1) is 8.04. The minimum Gasteiger partial charge on any atom is -0.395 e. The predicted octanol–water partition coefficient (Wildman–Crippen LogP) is 2.90. The Balaban J connectivity index is 2.43. The van der Waals surface area contributed by atoms with E-state index in [1.165, 1.54) is 0 Å². The highest BCUT2D eigenvalue weighted by molar-refractivity contribution is 9.10. The van der Waals surface area contributed by atoms with Gasteiger partial charge in [-0.1, -0.05) is 19.9 Å². The van der Waals surface area contributed by atoms with Gasteiger partial charge in [-0.25, -0.2) is 4.68 Å². The Labute approximate surface area is 109 Å². The highest BCUT2D eigenvalue weighted by Crippen LogP contribution is 2.29. The van der Waals surface area contributed by atoms with Crippen molar-refractivity contribution in [3.05, 3.63) is 46.7 Å². The summed E-state index contributed by atoms with van der Waals surface area (Å²) in [7, 11) is 0. The minimum absolute atomic E-state index is 0.126. The molecular formula is C13H15BrN2O. The van der Waals surface area contributed by atoms with E-state index in [2.05, 4.69) is 21.0 Å². The van der Waals surface area contributed by atoms with Gasteiger partial charge in [0.05, 0.1) is 12.3 Å². The zero-order valence-corrected chi connectivity index (χ0v) is 11.5. The topological polar surface area (TPSA) is 38.0 Å². The Hall–Kier alpha value is -1.13. The SMILES string of the molecule is CC(C)(CO)c1ccc(-n2cccn2)c(Br)c1. The van der Waals surface area contributed by atoms with E-state index in [0.717, 1.165) is 15.7 Å². The fourth-order valence-corrected chi connectivity index (χ4v) is 2.18. The molecule has 2 rings (SSSR count). The summed E-state index contributed by atoms with van der Waals surface area (Å²) in [6, 6.07) is 7.95. The zero-order valence-electron chi connectivity index (χ0n) is 9.89. The lowest BCUT2D eigenvalue weighted by molar-refractivity contribution is 0.218. The van der Waals surface area contributed by atoms with Crippen molar-refractivity contribution in [1.82, 2.24) is 9.78 Å². The van der Waals surface area contributed by atoms with Crippen molar-refractivity contribution in [2.24, 2.45) is 0 Å². The number of nitrogens with zero attached hydrogens (tertiary/aromatic N) is 2. The van der Waals surface area contributed by atoms with Crippen molar-refractivity contribution < 1.29 is 5.11 Å². The van der Waals surface area contributed by atoms with E-state index in [9.17, 15) is 5.11 Å². The molecular weight excluding hydrogens is 280 g/mol. The number of rotatable bonds is 3. The Morgan fingerprint density at radius 2 is 2.18 bits per heavy atom. The molecule has 0 aliphatic rings. The highest BCUT2D eigenvalue weighted by atomic mass is 79.9. The average Bonchev–Trinajstić information content (AvgIpc) is 2.82. The summed E-state index contributed by atoms with van der Waals surface area (Å²) in [5.74, 6) is 0. The molecule has 2 aromatic rings. The first-order valence-electron chi connectivity index (χ1n) is 5.45. The van der Waals surface area contributed by atoms with Gasteiger partial charge < -0.3 is 5.11 Å². The normalized spacial score (nSPS) is 11.8. The predicted molar refractivity (Wildman–Crippen MR) is 71.4 cm³/mol. The number of hydrogen-bond acceptors (Lipinski definition) is 2. The third-order valence-corrected chi connectivity index (χ3v) is 3.51. The third-order valence-electron chi connectivity index (χ3n) is 2.88. The van der Waals surface area contributed by atoms with E-state index in [-0.39, 0.29) is 12.0 Å². The number of halogens is 1. The van der Waals surface area contributed by atoms with Gasteiger partial charge in [0.15, 0.2) is 0 Å². The average molecular weight is 295 g/mol. The van der Waals surface area contributed by atoms with Crippen LogP contribution in [0.4, 0.5) is 0 Å². The first kappa shape index (κ1) is 12.3. The summed E-state index contributed by atoms with van der Waals surface area (Å²) >= 11 is 3.55. The van der Waals surface area contributed by atoms with Crippen LogP contribution in [-0.4, -0.2) is 21.5 Å². The quantitative estimate of drug-likeness (QED) is 0.945. The number of hydrogen-bond donors (Lipinski definition) is 1. The van der Waals surface area contributed by atoms with E-state index < -0.39 is 0 Å². The smallest absolute Gasteiger partial charge is 0.0787 e. The Morgan fingerprint density at radius 3 is 2.71 bits per heavy atom. The van der Waals surface area contributed by atoms with Crippen molar-refractivity contribution in [2.45, 2.75) is 19.3 Å². The van der Waals surface area contributed by atoms with Crippen LogP contribution in [0.25, 0.3) is 5.69 Å². The van der Waals surface area contributed by atoms with Gasteiger partial charge in [-0.15, -0.1) is 0 Å². The van der Waals surface area contributed by atoms with Crippen LogP contribution in [0.5, 0.6) is 0 Å². The molecule has 0 amide bonds. The van der Waals surface area contributed by atoms with Crippen LogP contribution < -0.4 is 0 Å². The maximum absolute atomic E-state index is 9.36. The van der Waals surface area contributed by atoms with Gasteiger partial charge in [-0.2, -0.15) is 5.10 Å². The van der Waals surface area contributed by atoms with Gasteiger partial charge in [-0.3, -0.25) is 0 Å². The van der Waals surface area contributed by atoms with Crippen molar-refractivity contribution in [2.75, 3.05) is 6.61 Å². The lowest BCUT2D eigenvalue weighted by Crippen LogP contribution is -2.22. The molecule has 0 bridgehead atoms. The van der Waals surface area contributed by atoms with Gasteiger partial charge in [0, 0.05) is 22.3 Å². The van der Waals surface area contributed by atoms with Crippen LogP contribution in [0.3, 0.4) is 0 Å². The molecule has 0 saturated carbocycles.